The molecule has 1 saturated heterocycles. The van der Waals surface area contributed by atoms with Gasteiger partial charge in [0.25, 0.3) is 0 Å². The molecule has 0 aromatic heterocycles. The van der Waals surface area contributed by atoms with Crippen LogP contribution < -0.4 is 5.32 Å². The molecule has 0 radical (unpaired) electrons. The normalized spacial score (nSPS) is 25.4. The summed E-state index contributed by atoms with van der Waals surface area (Å²) in [6.07, 6.45) is 9.42. The van der Waals surface area contributed by atoms with E-state index in [1.54, 1.807) is 0 Å². The molecule has 0 unspecified atom stereocenters. The predicted molar refractivity (Wildman–Crippen MR) is 132 cm³/mol. The quantitative estimate of drug-likeness (QED) is 0.187. The maximum atomic E-state index is 11.8. The highest BCUT2D eigenvalue weighted by Crippen LogP contribution is 2.22. The third kappa shape index (κ3) is 12.8. The zero-order valence-corrected chi connectivity index (χ0v) is 21.7. The third-order valence-corrected chi connectivity index (χ3v) is 6.42. The van der Waals surface area contributed by atoms with Gasteiger partial charge in [0.2, 0.25) is 5.91 Å². The van der Waals surface area contributed by atoms with Crippen LogP contribution in [-0.4, -0.2) is 76.8 Å². The van der Waals surface area contributed by atoms with Gasteiger partial charge in [0.05, 0.1) is 6.61 Å². The summed E-state index contributed by atoms with van der Waals surface area (Å²) in [4.78, 5) is 11.8. The number of nitrogens with one attached hydrogen (secondary N) is 1. The zero-order chi connectivity index (χ0) is 25.4. The predicted octanol–water partition coefficient (Wildman–Crippen LogP) is 3.04. The summed E-state index contributed by atoms with van der Waals surface area (Å²) >= 11 is 0. The third-order valence-electron chi connectivity index (χ3n) is 6.42. The molecule has 5 N–H and O–H groups in total. The first-order valence-corrected chi connectivity index (χ1v) is 13.4. The number of aliphatic hydroxyl groups is 4. The molecule has 1 fully saturated rings. The molecule has 202 valence electrons. The standard InChI is InChI=1S/C26H51NO7/c1-26(2,3)25(32)27-17-15-13-11-9-7-5-4-6-8-10-12-14-16-18-33-24-23(31)22(30)21(29)20(19-28)34-24/h20-24,28-31H,4-19H2,1-3H3,(H,27,32)/t20-,21-,22+,23-,24-/m1/s1. The minimum Gasteiger partial charge on any atom is -0.394 e. The van der Waals surface area contributed by atoms with Crippen molar-refractivity contribution in [1.82, 2.24) is 5.32 Å². The second-order valence-electron chi connectivity index (χ2n) is 10.7. The summed E-state index contributed by atoms with van der Waals surface area (Å²) in [7, 11) is 0. The highest BCUT2D eigenvalue weighted by Gasteiger charge is 2.43. The fourth-order valence-electron chi connectivity index (χ4n) is 4.04. The number of hydrogen-bond acceptors (Lipinski definition) is 7. The Labute approximate surface area is 206 Å². The van der Waals surface area contributed by atoms with Gasteiger partial charge in [0.1, 0.15) is 24.4 Å². The summed E-state index contributed by atoms with van der Waals surface area (Å²) in [6, 6.07) is 0. The monoisotopic (exact) mass is 489 g/mol. The number of carbonyl (C=O) groups excluding carboxylic acids is 1. The van der Waals surface area contributed by atoms with Gasteiger partial charge in [0, 0.05) is 18.6 Å². The smallest absolute Gasteiger partial charge is 0.225 e. The van der Waals surface area contributed by atoms with Gasteiger partial charge in [-0.3, -0.25) is 4.79 Å². The number of unbranched alkanes of at least 4 members (excludes halogenated alkanes) is 12. The second-order valence-corrected chi connectivity index (χ2v) is 10.7. The average Bonchev–Trinajstić information content (AvgIpc) is 2.80. The van der Waals surface area contributed by atoms with Crippen LogP contribution in [0.1, 0.15) is 104 Å². The molecular formula is C26H51NO7. The maximum Gasteiger partial charge on any atom is 0.225 e. The van der Waals surface area contributed by atoms with Crippen LogP contribution in [0.3, 0.4) is 0 Å². The van der Waals surface area contributed by atoms with E-state index in [0.29, 0.717) is 6.61 Å². The van der Waals surface area contributed by atoms with Gasteiger partial charge in [-0.15, -0.1) is 0 Å². The summed E-state index contributed by atoms with van der Waals surface area (Å²) in [5, 5.41) is 41.6. The fraction of sp³-hybridized carbons (Fsp3) is 0.962. The lowest BCUT2D eigenvalue weighted by Crippen LogP contribution is -2.59. The lowest BCUT2D eigenvalue weighted by Gasteiger charge is -2.39. The van der Waals surface area contributed by atoms with E-state index in [4.69, 9.17) is 9.47 Å². The van der Waals surface area contributed by atoms with Crippen molar-refractivity contribution >= 4 is 5.91 Å². The molecule has 8 nitrogen and oxygen atoms in total. The fourth-order valence-corrected chi connectivity index (χ4v) is 4.04. The first kappa shape index (κ1) is 31.3. The molecule has 0 aromatic carbocycles. The molecule has 1 rings (SSSR count). The van der Waals surface area contributed by atoms with Crippen LogP contribution in [0, 0.1) is 5.41 Å². The van der Waals surface area contributed by atoms with Gasteiger partial charge in [-0.1, -0.05) is 91.4 Å². The van der Waals surface area contributed by atoms with Crippen molar-refractivity contribution in [3.8, 4) is 0 Å². The van der Waals surface area contributed by atoms with E-state index in [0.717, 1.165) is 32.2 Å². The molecule has 0 bridgehead atoms. The van der Waals surface area contributed by atoms with Crippen molar-refractivity contribution < 1.29 is 34.7 Å². The van der Waals surface area contributed by atoms with E-state index in [9.17, 15) is 25.2 Å². The molecule has 1 heterocycles. The van der Waals surface area contributed by atoms with E-state index < -0.39 is 37.3 Å². The zero-order valence-electron chi connectivity index (χ0n) is 21.7. The van der Waals surface area contributed by atoms with Gasteiger partial charge in [-0.05, 0) is 12.8 Å². The molecule has 1 aliphatic heterocycles. The first-order valence-electron chi connectivity index (χ1n) is 13.4. The number of carbonyl (C=O) groups is 1. The molecule has 5 atom stereocenters. The molecule has 0 aromatic rings. The van der Waals surface area contributed by atoms with Crippen LogP contribution in [0.25, 0.3) is 0 Å². The Bertz CT molecular complexity index is 524. The van der Waals surface area contributed by atoms with Crippen LogP contribution in [0.4, 0.5) is 0 Å². The molecule has 8 heteroatoms. The second kappa shape index (κ2) is 17.6. The SMILES string of the molecule is CC(C)(C)C(=O)NCCCCCCCCCCCCCCCO[C@@H]1O[C@H](CO)[C@@H](O)[C@H](O)[C@H]1O. The summed E-state index contributed by atoms with van der Waals surface area (Å²) < 4.78 is 10.8. The number of rotatable bonds is 18. The lowest BCUT2D eigenvalue weighted by atomic mass is 9.96. The Morgan fingerprint density at radius 2 is 1.24 bits per heavy atom. The van der Waals surface area contributed by atoms with Crippen molar-refractivity contribution in [1.29, 1.82) is 0 Å². The van der Waals surface area contributed by atoms with Crippen LogP contribution in [0.15, 0.2) is 0 Å². The molecule has 1 aliphatic rings. The van der Waals surface area contributed by atoms with Crippen molar-refractivity contribution in [3.63, 3.8) is 0 Å². The Morgan fingerprint density at radius 1 is 0.765 bits per heavy atom. The van der Waals surface area contributed by atoms with Gasteiger partial charge >= 0.3 is 0 Å². The Morgan fingerprint density at radius 3 is 1.71 bits per heavy atom. The maximum absolute atomic E-state index is 11.8. The molecule has 1 amide bonds. The van der Waals surface area contributed by atoms with Gasteiger partial charge < -0.3 is 35.2 Å². The lowest BCUT2D eigenvalue weighted by molar-refractivity contribution is -0.301. The van der Waals surface area contributed by atoms with Gasteiger partial charge in [0.15, 0.2) is 6.29 Å². The van der Waals surface area contributed by atoms with Crippen LogP contribution in [0.5, 0.6) is 0 Å². The van der Waals surface area contributed by atoms with Gasteiger partial charge in [-0.25, -0.2) is 0 Å². The minimum atomic E-state index is -1.39. The Kier molecular flexibility index (Phi) is 16.2. The molecule has 34 heavy (non-hydrogen) atoms. The van der Waals surface area contributed by atoms with Crippen molar-refractivity contribution in [3.05, 3.63) is 0 Å². The topological polar surface area (TPSA) is 128 Å². The molecule has 0 spiro atoms. The summed E-state index contributed by atoms with van der Waals surface area (Å²) in [6.45, 7) is 6.57. The van der Waals surface area contributed by atoms with E-state index in [2.05, 4.69) is 5.32 Å². The number of amides is 1. The van der Waals surface area contributed by atoms with Crippen LogP contribution >= 0.6 is 0 Å². The van der Waals surface area contributed by atoms with Crippen molar-refractivity contribution in [2.45, 2.75) is 135 Å². The van der Waals surface area contributed by atoms with Crippen LogP contribution in [-0.2, 0) is 14.3 Å². The largest absolute Gasteiger partial charge is 0.394 e. The Balaban J connectivity index is 1.85. The first-order chi connectivity index (χ1) is 16.2. The number of aliphatic hydroxyl groups excluding tert-OH is 4. The number of hydrogen-bond donors (Lipinski definition) is 5. The van der Waals surface area contributed by atoms with E-state index in [1.807, 2.05) is 20.8 Å². The number of ether oxygens (including phenoxy) is 2. The minimum absolute atomic E-state index is 0.133. The van der Waals surface area contributed by atoms with E-state index >= 15 is 0 Å². The van der Waals surface area contributed by atoms with Gasteiger partial charge in [-0.2, -0.15) is 0 Å². The molecular weight excluding hydrogens is 438 g/mol. The summed E-state index contributed by atoms with van der Waals surface area (Å²) in [5.41, 5.74) is -0.300. The molecule has 0 aliphatic carbocycles. The van der Waals surface area contributed by atoms with Crippen LogP contribution in [0.2, 0.25) is 0 Å². The van der Waals surface area contributed by atoms with E-state index in [-0.39, 0.29) is 11.3 Å². The molecule has 0 saturated carbocycles. The highest BCUT2D eigenvalue weighted by molar-refractivity contribution is 5.81. The average molecular weight is 490 g/mol. The highest BCUT2D eigenvalue weighted by atomic mass is 16.7. The Hall–Kier alpha value is -0.770. The van der Waals surface area contributed by atoms with Crippen molar-refractivity contribution in [2.24, 2.45) is 5.41 Å². The van der Waals surface area contributed by atoms with E-state index in [1.165, 1.54) is 57.8 Å². The summed E-state index contributed by atoms with van der Waals surface area (Å²) in [5.74, 6) is 0.133. The van der Waals surface area contributed by atoms with Crippen molar-refractivity contribution in [2.75, 3.05) is 19.8 Å².